The second kappa shape index (κ2) is 16.5. The maximum absolute atomic E-state index is 5.64. The maximum Gasteiger partial charge on any atom is 0.0721 e. The Bertz CT molecular complexity index is 850. The van der Waals surface area contributed by atoms with Gasteiger partial charge in [0.1, 0.15) is 0 Å². The lowest BCUT2D eigenvalue weighted by Crippen LogP contribution is -2.15. The molecule has 190 valence electrons. The van der Waals surface area contributed by atoms with Crippen LogP contribution in [0.5, 0.6) is 0 Å². The molecule has 0 saturated heterocycles. The maximum atomic E-state index is 5.64. The Morgan fingerprint density at radius 3 is 1.94 bits per heavy atom. The first-order valence-corrected chi connectivity index (χ1v) is 14.3. The van der Waals surface area contributed by atoms with E-state index in [4.69, 9.17) is 4.74 Å². The summed E-state index contributed by atoms with van der Waals surface area (Å²) in [6, 6.07) is 18.4. The molecule has 0 radical (unpaired) electrons. The van der Waals surface area contributed by atoms with Crippen LogP contribution in [0.25, 0.3) is 0 Å². The molecule has 0 atom stereocenters. The third-order valence-electron chi connectivity index (χ3n) is 7.66. The third kappa shape index (κ3) is 11.0. The van der Waals surface area contributed by atoms with E-state index in [0.717, 1.165) is 24.7 Å². The number of rotatable bonds is 15. The summed E-state index contributed by atoms with van der Waals surface area (Å²) in [5, 5.41) is 0. The number of allylic oxidation sites excluding steroid dienone is 3. The average Bonchev–Trinajstić information content (AvgIpc) is 2.90. The van der Waals surface area contributed by atoms with Gasteiger partial charge in [0.2, 0.25) is 0 Å². The van der Waals surface area contributed by atoms with Crippen LogP contribution in [0.4, 0.5) is 0 Å². The molecule has 0 amide bonds. The van der Waals surface area contributed by atoms with Gasteiger partial charge in [0.15, 0.2) is 0 Å². The van der Waals surface area contributed by atoms with Crippen LogP contribution >= 0.6 is 0 Å². The van der Waals surface area contributed by atoms with Crippen molar-refractivity contribution in [2.24, 2.45) is 11.8 Å². The fraction of sp³-hybridized carbons (Fsp3) is 0.529. The van der Waals surface area contributed by atoms with Gasteiger partial charge in [-0.25, -0.2) is 0 Å². The van der Waals surface area contributed by atoms with Crippen LogP contribution in [0.1, 0.15) is 93.9 Å². The minimum atomic E-state index is 0.700. The Morgan fingerprint density at radius 2 is 1.29 bits per heavy atom. The molecule has 3 rings (SSSR count). The van der Waals surface area contributed by atoms with Gasteiger partial charge < -0.3 is 4.74 Å². The zero-order chi connectivity index (χ0) is 24.6. The van der Waals surface area contributed by atoms with Gasteiger partial charge in [-0.3, -0.25) is 0 Å². The Kier molecular flexibility index (Phi) is 13.0. The first-order valence-electron chi connectivity index (χ1n) is 14.3. The van der Waals surface area contributed by atoms with E-state index in [0.29, 0.717) is 13.2 Å². The molecule has 1 saturated carbocycles. The third-order valence-corrected chi connectivity index (χ3v) is 7.66. The van der Waals surface area contributed by atoms with Crippen molar-refractivity contribution in [2.45, 2.75) is 97.5 Å². The Labute approximate surface area is 215 Å². The summed E-state index contributed by atoms with van der Waals surface area (Å²) in [6.45, 7) is 5.62. The molecule has 1 aliphatic carbocycles. The number of unbranched alkanes of at least 4 members (excludes halogenated alkanes) is 1. The zero-order valence-electron chi connectivity index (χ0n) is 22.4. The number of benzene rings is 2. The van der Waals surface area contributed by atoms with E-state index in [9.17, 15) is 0 Å². The molecule has 0 N–H and O–H groups in total. The predicted molar refractivity (Wildman–Crippen MR) is 152 cm³/mol. The van der Waals surface area contributed by atoms with Gasteiger partial charge >= 0.3 is 0 Å². The number of ether oxygens (including phenoxy) is 1. The van der Waals surface area contributed by atoms with Crippen LogP contribution in [-0.4, -0.2) is 6.61 Å². The van der Waals surface area contributed by atoms with Crippen molar-refractivity contribution < 1.29 is 4.74 Å². The van der Waals surface area contributed by atoms with E-state index in [2.05, 4.69) is 67.6 Å². The molecule has 2 aromatic carbocycles. The standard InChI is InChI=1S/C34H48O/c1-3-5-7-10-29-13-17-32(18-14-29)21-22-33-19-15-30(16-20-33)11-8-9-12-31-23-25-34(26-24-31)28-35-27-6-4-2/h4-7,13-14,17-18,23-26,30,33H,3,8-12,15-16,19-22,27-28H2,1-2H3/b6-4+,7-5+/t30-,33-. The van der Waals surface area contributed by atoms with Crippen molar-refractivity contribution in [2.75, 3.05) is 6.61 Å². The summed E-state index contributed by atoms with van der Waals surface area (Å²) in [6.07, 6.45) is 24.6. The molecule has 1 heteroatoms. The van der Waals surface area contributed by atoms with Crippen LogP contribution in [-0.2, 0) is 30.6 Å². The number of hydrogen-bond acceptors (Lipinski definition) is 1. The number of hydrogen-bond donors (Lipinski definition) is 0. The SMILES string of the molecule is C/C=C/COCc1ccc(CCCC[C@H]2CC[C@H](CCc3ccc(C/C=C/CC)cc3)CC2)cc1. The Balaban J connectivity index is 1.24. The van der Waals surface area contributed by atoms with Crippen molar-refractivity contribution in [3.8, 4) is 0 Å². The van der Waals surface area contributed by atoms with Crippen LogP contribution in [0.2, 0.25) is 0 Å². The molecule has 1 nitrogen and oxygen atoms in total. The quantitative estimate of drug-likeness (QED) is 0.185. The molecule has 0 bridgehead atoms. The monoisotopic (exact) mass is 472 g/mol. The van der Waals surface area contributed by atoms with E-state index >= 15 is 0 Å². The lowest BCUT2D eigenvalue weighted by atomic mass is 9.77. The minimum absolute atomic E-state index is 0.700. The van der Waals surface area contributed by atoms with Gasteiger partial charge in [-0.15, -0.1) is 0 Å². The van der Waals surface area contributed by atoms with E-state index in [1.807, 2.05) is 19.1 Å². The summed E-state index contributed by atoms with van der Waals surface area (Å²) in [5.41, 5.74) is 5.69. The van der Waals surface area contributed by atoms with Gasteiger partial charge in [-0.2, -0.15) is 0 Å². The summed E-state index contributed by atoms with van der Waals surface area (Å²) in [5.74, 6) is 1.91. The van der Waals surface area contributed by atoms with Crippen molar-refractivity contribution in [3.63, 3.8) is 0 Å². The highest BCUT2D eigenvalue weighted by Gasteiger charge is 2.20. The van der Waals surface area contributed by atoms with Crippen LogP contribution < -0.4 is 0 Å². The van der Waals surface area contributed by atoms with Crippen LogP contribution in [0.3, 0.4) is 0 Å². The topological polar surface area (TPSA) is 9.23 Å². The molecule has 35 heavy (non-hydrogen) atoms. The highest BCUT2D eigenvalue weighted by Crippen LogP contribution is 2.34. The molecule has 1 fully saturated rings. The van der Waals surface area contributed by atoms with Crippen LogP contribution in [0, 0.1) is 11.8 Å². The van der Waals surface area contributed by atoms with E-state index < -0.39 is 0 Å². The van der Waals surface area contributed by atoms with Gasteiger partial charge in [0, 0.05) is 0 Å². The van der Waals surface area contributed by atoms with Gasteiger partial charge in [-0.05, 0) is 79.5 Å². The van der Waals surface area contributed by atoms with Gasteiger partial charge in [0.05, 0.1) is 13.2 Å². The Morgan fingerprint density at radius 1 is 0.686 bits per heavy atom. The van der Waals surface area contributed by atoms with Crippen molar-refractivity contribution >= 4 is 0 Å². The molecule has 0 aliphatic heterocycles. The molecule has 1 aliphatic rings. The summed E-state index contributed by atoms with van der Waals surface area (Å²) in [7, 11) is 0. The lowest BCUT2D eigenvalue weighted by Gasteiger charge is -2.28. The Hall–Kier alpha value is -2.12. The second-order valence-corrected chi connectivity index (χ2v) is 10.5. The fourth-order valence-electron chi connectivity index (χ4n) is 5.31. The fourth-order valence-corrected chi connectivity index (χ4v) is 5.31. The van der Waals surface area contributed by atoms with E-state index in [1.165, 1.54) is 86.5 Å². The van der Waals surface area contributed by atoms with Crippen LogP contribution in [0.15, 0.2) is 72.8 Å². The molecule has 0 unspecified atom stereocenters. The number of aryl methyl sites for hydroxylation is 2. The summed E-state index contributed by atoms with van der Waals surface area (Å²) in [4.78, 5) is 0. The lowest BCUT2D eigenvalue weighted by molar-refractivity contribution is 0.148. The second-order valence-electron chi connectivity index (χ2n) is 10.5. The normalized spacial score (nSPS) is 18.6. The van der Waals surface area contributed by atoms with Gasteiger partial charge in [-0.1, -0.05) is 118 Å². The van der Waals surface area contributed by atoms with Crippen molar-refractivity contribution in [1.82, 2.24) is 0 Å². The highest BCUT2D eigenvalue weighted by atomic mass is 16.5. The highest BCUT2D eigenvalue weighted by molar-refractivity contribution is 5.24. The molecular weight excluding hydrogens is 424 g/mol. The first kappa shape index (κ1) is 27.5. The molecular formula is C34H48O. The molecule has 0 spiro atoms. The first-order chi connectivity index (χ1) is 17.3. The van der Waals surface area contributed by atoms with Crippen molar-refractivity contribution in [1.29, 1.82) is 0 Å². The summed E-state index contributed by atoms with van der Waals surface area (Å²) < 4.78 is 5.64. The molecule has 0 aromatic heterocycles. The van der Waals surface area contributed by atoms with Gasteiger partial charge in [0.25, 0.3) is 0 Å². The smallest absolute Gasteiger partial charge is 0.0721 e. The van der Waals surface area contributed by atoms with Crippen molar-refractivity contribution in [3.05, 3.63) is 95.1 Å². The predicted octanol–water partition coefficient (Wildman–Crippen LogP) is 9.44. The molecule has 0 heterocycles. The zero-order valence-corrected chi connectivity index (χ0v) is 22.4. The molecule has 2 aromatic rings. The van der Waals surface area contributed by atoms with E-state index in [-0.39, 0.29) is 0 Å². The summed E-state index contributed by atoms with van der Waals surface area (Å²) >= 11 is 0. The largest absolute Gasteiger partial charge is 0.373 e. The minimum Gasteiger partial charge on any atom is -0.373 e. The van der Waals surface area contributed by atoms with E-state index in [1.54, 1.807) is 0 Å². The average molecular weight is 473 g/mol.